The van der Waals surface area contributed by atoms with Crippen LogP contribution in [0.4, 0.5) is 4.79 Å². The summed E-state index contributed by atoms with van der Waals surface area (Å²) in [4.78, 5) is 20.2. The number of aliphatic hydroxyl groups excluding tert-OH is 1. The molecular weight excluding hydrogens is 667 g/mol. The molecule has 2 N–H and O–H groups in total. The van der Waals surface area contributed by atoms with Gasteiger partial charge < -0.3 is 10.4 Å². The molecule has 0 saturated heterocycles. The van der Waals surface area contributed by atoms with Crippen LogP contribution in [0.3, 0.4) is 0 Å². The molecule has 7 nitrogen and oxygen atoms in total. The van der Waals surface area contributed by atoms with Crippen LogP contribution in [0.5, 0.6) is 0 Å². The predicted octanol–water partition coefficient (Wildman–Crippen LogP) is 4.57. The third-order valence-corrected chi connectivity index (χ3v) is 14.7. The van der Waals surface area contributed by atoms with E-state index in [2.05, 4.69) is 15.3 Å². The van der Waals surface area contributed by atoms with Gasteiger partial charge in [0.2, 0.25) is 0 Å². The first-order chi connectivity index (χ1) is 18.1. The zero-order valence-corrected chi connectivity index (χ0v) is 29.3. The van der Waals surface area contributed by atoms with Gasteiger partial charge in [-0.3, -0.25) is 23.2 Å². The molecule has 0 heterocycles. The van der Waals surface area contributed by atoms with Gasteiger partial charge in [-0.15, -0.1) is 47.0 Å². The van der Waals surface area contributed by atoms with Crippen molar-refractivity contribution in [3.63, 3.8) is 0 Å². The molecule has 0 aliphatic carbocycles. The molecule has 0 aliphatic rings. The van der Waals surface area contributed by atoms with E-state index in [1.165, 1.54) is 17.3 Å². The molecule has 0 aromatic heterocycles. The molecule has 0 fully saturated rings. The molecule has 1 amide bonds. The Balaban J connectivity index is 3.31. The summed E-state index contributed by atoms with van der Waals surface area (Å²) in [5, 5.41) is 15.7. The van der Waals surface area contributed by atoms with Crippen LogP contribution in [0.15, 0.2) is 9.98 Å². The number of thioether (sulfide) groups is 8. The second kappa shape index (κ2) is 32.4. The Morgan fingerprint density at radius 1 is 0.757 bits per heavy atom. The molecular formula is C20H39N3O4S10. The van der Waals surface area contributed by atoms with Crippen molar-refractivity contribution in [1.82, 2.24) is 5.32 Å². The summed E-state index contributed by atoms with van der Waals surface area (Å²) in [5.74, 6) is 6.36. The number of carbonyl (C=O) groups excluding carboxylic acids is 1. The normalized spacial score (nSPS) is 13.5. The summed E-state index contributed by atoms with van der Waals surface area (Å²) in [6.45, 7) is 2.00. The number of hydrogen-bond donors (Lipinski definition) is 2. The van der Waals surface area contributed by atoms with Gasteiger partial charge in [0.1, 0.15) is 0 Å². The Morgan fingerprint density at radius 3 is 1.97 bits per heavy atom. The molecule has 0 rings (SSSR count). The van der Waals surface area contributed by atoms with Gasteiger partial charge in [-0.2, -0.15) is 35.3 Å². The Bertz CT molecular complexity index is 647. The van der Waals surface area contributed by atoms with Crippen LogP contribution < -0.4 is 5.32 Å². The molecule has 0 radical (unpaired) electrons. The van der Waals surface area contributed by atoms with E-state index >= 15 is 0 Å². The van der Waals surface area contributed by atoms with Crippen LogP contribution in [0.25, 0.3) is 0 Å². The highest BCUT2D eigenvalue weighted by molar-refractivity contribution is 8.23. The summed E-state index contributed by atoms with van der Waals surface area (Å²) in [7, 11) is -2.09. The average Bonchev–Trinajstić information content (AvgIpc) is 2.88. The topological polar surface area (TPSA) is 108 Å². The Hall–Kier alpha value is 1.87. The van der Waals surface area contributed by atoms with Crippen molar-refractivity contribution in [2.24, 2.45) is 9.98 Å². The van der Waals surface area contributed by atoms with Crippen LogP contribution in [0.2, 0.25) is 0 Å². The summed E-state index contributed by atoms with van der Waals surface area (Å²) in [5.41, 5.74) is 3.01. The number of amides is 1. The minimum absolute atomic E-state index is 0.0538. The van der Waals surface area contributed by atoms with Gasteiger partial charge in [-0.05, 0) is 6.26 Å². The van der Waals surface area contributed by atoms with Crippen LogP contribution in [-0.2, 0) is 21.6 Å². The molecule has 2 atom stereocenters. The van der Waals surface area contributed by atoms with Crippen molar-refractivity contribution in [2.45, 2.75) is 0 Å². The van der Waals surface area contributed by atoms with Crippen LogP contribution in [0, 0.1) is 0 Å². The number of aliphatic hydroxyl groups is 1. The van der Waals surface area contributed by atoms with E-state index in [1.54, 1.807) is 29.1 Å². The number of aliphatic imine (C=N–C) groups is 2. The maximum Gasteiger partial charge on any atom is 0.279 e. The standard InChI is InChI=1S/C20H39N3O4S10/c1-28-6-2-21-15-37(27)13-11-32-19-34-18-31-9-10-35-20(25)23-4-8-30-17-33-16-29-7-3-22-14-36(26)12-5-24/h14-15,24H,2-13,16-19H2,1H3,(H,23,25). The molecule has 2 unspecified atom stereocenters. The number of nitrogens with zero attached hydrogens (tertiary/aromatic N) is 2. The average molecular weight is 706 g/mol. The molecule has 0 aromatic rings. The van der Waals surface area contributed by atoms with E-state index in [9.17, 15) is 13.2 Å². The van der Waals surface area contributed by atoms with Crippen molar-refractivity contribution >= 4 is 132 Å². The monoisotopic (exact) mass is 705 g/mol. The molecule has 0 bridgehead atoms. The molecule has 0 saturated carbocycles. The zero-order chi connectivity index (χ0) is 27.2. The van der Waals surface area contributed by atoms with Gasteiger partial charge in [0.05, 0.1) is 45.1 Å². The highest BCUT2D eigenvalue weighted by Gasteiger charge is 2.02. The lowest BCUT2D eigenvalue weighted by atomic mass is 10.8. The molecule has 0 aromatic carbocycles. The van der Waals surface area contributed by atoms with Crippen molar-refractivity contribution in [2.75, 3.05) is 98.9 Å². The minimum atomic E-state index is -1.15. The van der Waals surface area contributed by atoms with Crippen molar-refractivity contribution in [3.05, 3.63) is 0 Å². The van der Waals surface area contributed by atoms with E-state index in [0.29, 0.717) is 18.8 Å². The van der Waals surface area contributed by atoms with Gasteiger partial charge >= 0.3 is 0 Å². The van der Waals surface area contributed by atoms with Gasteiger partial charge in [0.25, 0.3) is 5.24 Å². The fourth-order valence-corrected chi connectivity index (χ4v) is 11.4. The largest absolute Gasteiger partial charge is 0.395 e. The molecule has 0 spiro atoms. The molecule has 37 heavy (non-hydrogen) atoms. The fourth-order valence-electron chi connectivity index (χ4n) is 1.88. The minimum Gasteiger partial charge on any atom is -0.395 e. The highest BCUT2D eigenvalue weighted by atomic mass is 32.2. The zero-order valence-electron chi connectivity index (χ0n) is 21.1. The third kappa shape index (κ3) is 32.2. The van der Waals surface area contributed by atoms with E-state index < -0.39 is 21.6 Å². The second-order valence-corrected chi connectivity index (χ2v) is 19.2. The first-order valence-electron chi connectivity index (χ1n) is 11.3. The fraction of sp³-hybridized carbons (Fsp3) is 0.850. The molecule has 0 aliphatic heterocycles. The Kier molecular flexibility index (Phi) is 34.0. The number of nitrogens with one attached hydrogen (secondary N) is 1. The first-order valence-corrected chi connectivity index (χ1v) is 23.4. The van der Waals surface area contributed by atoms with Crippen molar-refractivity contribution < 1.29 is 18.3 Å². The van der Waals surface area contributed by atoms with Crippen molar-refractivity contribution in [1.29, 1.82) is 0 Å². The van der Waals surface area contributed by atoms with E-state index in [4.69, 9.17) is 5.11 Å². The first kappa shape index (κ1) is 38.9. The smallest absolute Gasteiger partial charge is 0.279 e. The quantitative estimate of drug-likeness (QED) is 0.0541. The lowest BCUT2D eigenvalue weighted by Crippen LogP contribution is -2.22. The van der Waals surface area contributed by atoms with Gasteiger partial charge in [0, 0.05) is 80.2 Å². The maximum absolute atomic E-state index is 11.9. The predicted molar refractivity (Wildman–Crippen MR) is 189 cm³/mol. The Labute approximate surface area is 262 Å². The number of rotatable bonds is 27. The number of carbonyl (C=O) groups is 1. The van der Waals surface area contributed by atoms with Gasteiger partial charge in [-0.1, -0.05) is 11.8 Å². The van der Waals surface area contributed by atoms with E-state index in [0.717, 1.165) is 61.4 Å². The summed E-state index contributed by atoms with van der Waals surface area (Å²) in [6.07, 6.45) is 2.04. The second-order valence-electron chi connectivity index (χ2n) is 6.48. The number of hydrogen-bond acceptors (Lipinski definition) is 14. The van der Waals surface area contributed by atoms with Crippen LogP contribution in [-0.4, -0.2) is 129 Å². The maximum atomic E-state index is 11.9. The van der Waals surface area contributed by atoms with Crippen LogP contribution in [0.1, 0.15) is 0 Å². The summed E-state index contributed by atoms with van der Waals surface area (Å²) in [6, 6.07) is 0. The third-order valence-electron chi connectivity index (χ3n) is 3.54. The molecule has 218 valence electrons. The Morgan fingerprint density at radius 2 is 1.32 bits per heavy atom. The SMILES string of the molecule is CSCCN=CS(=O)CCSCSCSCCSC(=O)NCCSCSCSCCN=CS(=O)CCO. The van der Waals surface area contributed by atoms with Crippen LogP contribution >= 0.6 is 94.1 Å². The summed E-state index contributed by atoms with van der Waals surface area (Å²) >= 11 is 14.1. The van der Waals surface area contributed by atoms with Gasteiger partial charge in [0.15, 0.2) is 0 Å². The summed E-state index contributed by atoms with van der Waals surface area (Å²) < 4.78 is 23.0. The molecule has 17 heteroatoms. The van der Waals surface area contributed by atoms with E-state index in [-0.39, 0.29) is 17.6 Å². The van der Waals surface area contributed by atoms with Gasteiger partial charge in [-0.25, -0.2) is 0 Å². The van der Waals surface area contributed by atoms with E-state index in [1.807, 2.05) is 65.1 Å². The lowest BCUT2D eigenvalue weighted by molar-refractivity contribution is 0.261. The highest BCUT2D eigenvalue weighted by Crippen LogP contribution is 2.19. The van der Waals surface area contributed by atoms with Crippen molar-refractivity contribution in [3.8, 4) is 0 Å². The lowest BCUT2D eigenvalue weighted by Gasteiger charge is -2.05.